The molecule has 0 fully saturated rings. The number of benzene rings is 2. The molecule has 0 bridgehead atoms. The van der Waals surface area contributed by atoms with Crippen LogP contribution in [0.2, 0.25) is 0 Å². The number of nitrogens with one attached hydrogen (secondary N) is 2. The molecule has 2 amide bonds. The van der Waals surface area contributed by atoms with E-state index in [1.165, 1.54) is 11.6 Å². The molecular formula is C29H27F3N6O2. The van der Waals surface area contributed by atoms with Crippen LogP contribution in [0.15, 0.2) is 54.7 Å². The number of nitrogens with two attached hydrogens (primary N) is 1. The molecule has 4 N–H and O–H groups in total. The maximum Gasteiger partial charge on any atom is 0.416 e. The quantitative estimate of drug-likeness (QED) is 0.281. The molecule has 0 saturated heterocycles. The van der Waals surface area contributed by atoms with Crippen LogP contribution in [0.5, 0.6) is 0 Å². The van der Waals surface area contributed by atoms with Crippen LogP contribution in [0, 0.1) is 6.92 Å². The third kappa shape index (κ3) is 5.14. The number of nitrogens with zero attached hydrogens (tertiary/aromatic N) is 3. The molecule has 11 heteroatoms. The van der Waals surface area contributed by atoms with Gasteiger partial charge in [-0.3, -0.25) is 9.59 Å². The summed E-state index contributed by atoms with van der Waals surface area (Å²) >= 11 is 0. The summed E-state index contributed by atoms with van der Waals surface area (Å²) in [6, 6.07) is 12.5. The molecule has 40 heavy (non-hydrogen) atoms. The summed E-state index contributed by atoms with van der Waals surface area (Å²) in [6.07, 6.45) is -2.87. The molecule has 2 aromatic heterocycles. The van der Waals surface area contributed by atoms with Gasteiger partial charge in [-0.1, -0.05) is 32.0 Å². The fourth-order valence-corrected chi connectivity index (χ4v) is 4.76. The van der Waals surface area contributed by atoms with Crippen molar-refractivity contribution in [1.82, 2.24) is 14.8 Å². The first-order valence-electron chi connectivity index (χ1n) is 12.7. The van der Waals surface area contributed by atoms with Gasteiger partial charge in [0, 0.05) is 29.6 Å². The average molecular weight is 549 g/mol. The van der Waals surface area contributed by atoms with Crippen LogP contribution in [0.3, 0.4) is 0 Å². The fraction of sp³-hybridized carbons (Fsp3) is 0.241. The molecule has 3 heterocycles. The number of aromatic nitrogens is 3. The minimum Gasteiger partial charge on any atom is -0.365 e. The third-order valence-electron chi connectivity index (χ3n) is 6.91. The Morgan fingerprint density at radius 3 is 2.55 bits per heavy atom. The number of hydrogen-bond donors (Lipinski definition) is 3. The number of aryl methyl sites for hydroxylation is 3. The van der Waals surface area contributed by atoms with Crippen LogP contribution >= 0.6 is 0 Å². The van der Waals surface area contributed by atoms with Crippen molar-refractivity contribution in [3.05, 3.63) is 88.1 Å². The maximum absolute atomic E-state index is 13.0. The summed E-state index contributed by atoms with van der Waals surface area (Å²) in [4.78, 5) is 29.3. The van der Waals surface area contributed by atoms with Gasteiger partial charge in [0.2, 0.25) is 0 Å². The highest BCUT2D eigenvalue weighted by molar-refractivity contribution is 6.06. The van der Waals surface area contributed by atoms with Gasteiger partial charge in [0.1, 0.15) is 22.9 Å². The first-order chi connectivity index (χ1) is 18.9. The number of carbonyl (C=O) groups excluding carboxylic acids is 2. The van der Waals surface area contributed by atoms with Crippen LogP contribution in [0.1, 0.15) is 62.7 Å². The molecule has 1 aliphatic heterocycles. The van der Waals surface area contributed by atoms with Gasteiger partial charge in [-0.2, -0.15) is 18.3 Å². The zero-order valence-corrected chi connectivity index (χ0v) is 22.1. The summed E-state index contributed by atoms with van der Waals surface area (Å²) in [6.45, 7) is 6.54. The zero-order chi connectivity index (χ0) is 28.8. The Morgan fingerprint density at radius 1 is 1.10 bits per heavy atom. The van der Waals surface area contributed by atoms with Crippen molar-refractivity contribution < 1.29 is 22.8 Å². The van der Waals surface area contributed by atoms with Crippen molar-refractivity contribution in [2.75, 3.05) is 10.6 Å². The zero-order valence-electron chi connectivity index (χ0n) is 22.1. The van der Waals surface area contributed by atoms with E-state index in [1.807, 2.05) is 6.07 Å². The van der Waals surface area contributed by atoms with Crippen molar-refractivity contribution in [2.24, 2.45) is 5.73 Å². The number of fused-ring (bicyclic) bond motifs is 2. The van der Waals surface area contributed by atoms with Gasteiger partial charge < -0.3 is 16.4 Å². The topological polar surface area (TPSA) is 115 Å². The summed E-state index contributed by atoms with van der Waals surface area (Å²) in [5.41, 5.74) is 10.2. The average Bonchev–Trinajstić information content (AvgIpc) is 3.15. The van der Waals surface area contributed by atoms with E-state index in [0.29, 0.717) is 41.5 Å². The number of alkyl halides is 3. The van der Waals surface area contributed by atoms with Gasteiger partial charge in [0.05, 0.1) is 5.56 Å². The van der Waals surface area contributed by atoms with Gasteiger partial charge in [-0.25, -0.2) is 9.67 Å². The van der Waals surface area contributed by atoms with Gasteiger partial charge in [-0.15, -0.1) is 0 Å². The van der Waals surface area contributed by atoms with Gasteiger partial charge in [-0.05, 0) is 66.3 Å². The second-order valence-corrected chi connectivity index (χ2v) is 10.0. The molecule has 1 aliphatic rings. The van der Waals surface area contributed by atoms with Crippen LogP contribution in [-0.4, -0.2) is 26.6 Å². The lowest BCUT2D eigenvalue weighted by molar-refractivity contribution is -0.137. The molecule has 4 aromatic rings. The molecule has 8 nitrogen and oxygen atoms in total. The Morgan fingerprint density at radius 2 is 1.88 bits per heavy atom. The lowest BCUT2D eigenvalue weighted by atomic mass is 9.98. The largest absolute Gasteiger partial charge is 0.416 e. The van der Waals surface area contributed by atoms with E-state index in [9.17, 15) is 22.8 Å². The monoisotopic (exact) mass is 548 g/mol. The minimum absolute atomic E-state index is 0.204. The molecule has 0 unspecified atom stereocenters. The van der Waals surface area contributed by atoms with Crippen molar-refractivity contribution in [2.45, 2.75) is 45.8 Å². The molecule has 5 rings (SSSR count). The first kappa shape index (κ1) is 26.9. The Bertz CT molecular complexity index is 1640. The smallest absolute Gasteiger partial charge is 0.365 e. The highest BCUT2D eigenvalue weighted by atomic mass is 19.4. The highest BCUT2D eigenvalue weighted by Crippen LogP contribution is 2.36. The van der Waals surface area contributed by atoms with Crippen LogP contribution < -0.4 is 16.4 Å². The number of rotatable bonds is 5. The molecular weight excluding hydrogens is 521 g/mol. The van der Waals surface area contributed by atoms with Crippen LogP contribution in [0.25, 0.3) is 11.3 Å². The second-order valence-electron chi connectivity index (χ2n) is 10.0. The lowest BCUT2D eigenvalue weighted by Crippen LogP contribution is -2.15. The summed E-state index contributed by atoms with van der Waals surface area (Å²) < 4.78 is 40.8. The van der Waals surface area contributed by atoms with E-state index in [4.69, 9.17) is 10.8 Å². The lowest BCUT2D eigenvalue weighted by Gasteiger charge is -2.13. The number of amides is 2. The molecule has 0 saturated carbocycles. The van der Waals surface area contributed by atoms with E-state index in [1.54, 1.807) is 23.7 Å². The highest BCUT2D eigenvalue weighted by Gasteiger charge is 2.31. The SMILES string of the molecule is Cc1cc(C(=O)Nc2cc(C(F)(F)F)ccn2)ccc1-c1nn2c(c1C(N)=O)Nc1ccc(C(C)C)cc1CC2. The van der Waals surface area contributed by atoms with Crippen molar-refractivity contribution in [3.63, 3.8) is 0 Å². The van der Waals surface area contributed by atoms with E-state index in [0.717, 1.165) is 29.6 Å². The van der Waals surface area contributed by atoms with Gasteiger partial charge in [0.25, 0.3) is 11.8 Å². The number of hydrogen-bond acceptors (Lipinski definition) is 5. The van der Waals surface area contributed by atoms with E-state index in [2.05, 4.69) is 41.6 Å². The summed E-state index contributed by atoms with van der Waals surface area (Å²) in [5.74, 6) is -0.621. The fourth-order valence-electron chi connectivity index (χ4n) is 4.76. The summed E-state index contributed by atoms with van der Waals surface area (Å²) in [7, 11) is 0. The molecule has 2 aromatic carbocycles. The van der Waals surface area contributed by atoms with Crippen molar-refractivity contribution in [1.29, 1.82) is 0 Å². The predicted molar refractivity (Wildman–Crippen MR) is 146 cm³/mol. The van der Waals surface area contributed by atoms with Crippen LogP contribution in [0.4, 0.5) is 30.5 Å². The number of primary amides is 1. The number of halogens is 3. The number of carbonyl (C=O) groups is 2. The molecule has 206 valence electrons. The van der Waals surface area contributed by atoms with E-state index in [-0.39, 0.29) is 16.9 Å². The minimum atomic E-state index is -4.56. The number of pyridine rings is 1. The standard InChI is InChI=1S/C29H27F3N6O2/c1-15(2)17-5-7-22-18(13-17)9-11-38-27(35-22)24(26(33)39)25(37-38)21-6-4-19(12-16(21)3)28(40)36-23-14-20(8-10-34-23)29(30,31)32/h4-8,10,12-15,35H,9,11H2,1-3H3,(H2,33,39)(H,34,36,40). The normalized spacial score (nSPS) is 12.8. The van der Waals surface area contributed by atoms with Crippen LogP contribution in [-0.2, 0) is 19.1 Å². The molecule has 0 aliphatic carbocycles. The van der Waals surface area contributed by atoms with Gasteiger partial charge in [0.15, 0.2) is 0 Å². The molecule has 0 radical (unpaired) electrons. The van der Waals surface area contributed by atoms with Crippen molar-refractivity contribution >= 4 is 29.1 Å². The van der Waals surface area contributed by atoms with E-state index < -0.39 is 23.6 Å². The van der Waals surface area contributed by atoms with Gasteiger partial charge >= 0.3 is 6.18 Å². The van der Waals surface area contributed by atoms with E-state index >= 15 is 0 Å². The van der Waals surface area contributed by atoms with Crippen molar-refractivity contribution in [3.8, 4) is 11.3 Å². The maximum atomic E-state index is 13.0. The third-order valence-corrected chi connectivity index (χ3v) is 6.91. The Kier molecular flexibility index (Phi) is 6.82. The Labute approximate surface area is 228 Å². The molecule has 0 spiro atoms. The predicted octanol–water partition coefficient (Wildman–Crippen LogP) is 6.05. The first-order valence-corrected chi connectivity index (χ1v) is 12.7. The number of anilines is 3. The summed E-state index contributed by atoms with van der Waals surface area (Å²) in [5, 5.41) is 10.5. The Hall–Kier alpha value is -4.67. The second kappa shape index (κ2) is 10.1. The Balaban J connectivity index is 1.45. The molecule has 0 atom stereocenters.